The molecular formula is C13H19NO2. The van der Waals surface area contributed by atoms with Crippen molar-refractivity contribution in [2.45, 2.75) is 45.4 Å². The maximum atomic E-state index is 11.0. The molecule has 1 rings (SSSR count). The molecule has 0 aromatic carbocycles. The smallest absolute Gasteiger partial charge is 0.129 e. The minimum absolute atomic E-state index is 0.150. The summed E-state index contributed by atoms with van der Waals surface area (Å²) in [5.41, 5.74) is 0.602. The fourth-order valence-corrected chi connectivity index (χ4v) is 2.31. The molecule has 0 aromatic rings. The van der Waals surface area contributed by atoms with E-state index in [4.69, 9.17) is 4.74 Å². The Labute approximate surface area is 97.1 Å². The van der Waals surface area contributed by atoms with Gasteiger partial charge >= 0.3 is 0 Å². The highest BCUT2D eigenvalue weighted by molar-refractivity contribution is 5.75. The summed E-state index contributed by atoms with van der Waals surface area (Å²) in [5, 5.41) is 9.39. The molecule has 1 aliphatic rings. The van der Waals surface area contributed by atoms with Crippen molar-refractivity contribution in [3.8, 4) is 6.07 Å². The van der Waals surface area contributed by atoms with Crippen LogP contribution in [0.25, 0.3) is 0 Å². The van der Waals surface area contributed by atoms with E-state index in [-0.39, 0.29) is 5.78 Å². The Hall–Kier alpha value is -1.30. The van der Waals surface area contributed by atoms with Crippen molar-refractivity contribution in [1.82, 2.24) is 0 Å². The quantitative estimate of drug-likeness (QED) is 0.686. The lowest BCUT2D eigenvalue weighted by Gasteiger charge is -2.33. The minimum Gasteiger partial charge on any atom is -0.504 e. The SMILES string of the molecule is CO/C=C1\CCCC[C@@]1(C#N)CCC(C)=O. The molecule has 0 aromatic heterocycles. The Balaban J connectivity index is 2.85. The van der Waals surface area contributed by atoms with Crippen molar-refractivity contribution in [3.05, 3.63) is 11.8 Å². The number of nitriles is 1. The predicted molar refractivity (Wildman–Crippen MR) is 61.5 cm³/mol. The molecule has 0 heterocycles. The molecule has 0 radical (unpaired) electrons. The molecule has 1 atom stereocenters. The number of rotatable bonds is 4. The van der Waals surface area contributed by atoms with Gasteiger partial charge < -0.3 is 9.53 Å². The lowest BCUT2D eigenvalue weighted by Crippen LogP contribution is -2.26. The number of Topliss-reactive ketones (excluding diaryl/α,β-unsaturated/α-hetero) is 1. The summed E-state index contributed by atoms with van der Waals surface area (Å²) in [5.74, 6) is 0.150. The summed E-state index contributed by atoms with van der Waals surface area (Å²) >= 11 is 0. The third-order valence-electron chi connectivity index (χ3n) is 3.29. The van der Waals surface area contributed by atoms with Gasteiger partial charge in [-0.15, -0.1) is 0 Å². The maximum absolute atomic E-state index is 11.0. The van der Waals surface area contributed by atoms with E-state index >= 15 is 0 Å². The van der Waals surface area contributed by atoms with Crippen LogP contribution >= 0.6 is 0 Å². The van der Waals surface area contributed by atoms with Crippen molar-refractivity contribution in [2.24, 2.45) is 5.41 Å². The molecule has 0 bridgehead atoms. The molecule has 3 nitrogen and oxygen atoms in total. The normalized spacial score (nSPS) is 27.4. The summed E-state index contributed by atoms with van der Waals surface area (Å²) < 4.78 is 5.05. The van der Waals surface area contributed by atoms with Crippen LogP contribution in [0.5, 0.6) is 0 Å². The number of ketones is 1. The lowest BCUT2D eigenvalue weighted by atomic mass is 9.69. The molecule has 3 heteroatoms. The molecule has 0 N–H and O–H groups in total. The van der Waals surface area contributed by atoms with Gasteiger partial charge in [0.05, 0.1) is 24.9 Å². The van der Waals surface area contributed by atoms with Crippen molar-refractivity contribution in [2.75, 3.05) is 7.11 Å². The molecule has 0 unspecified atom stereocenters. The first-order valence-corrected chi connectivity index (χ1v) is 5.77. The van der Waals surface area contributed by atoms with Gasteiger partial charge in [-0.05, 0) is 38.2 Å². The topological polar surface area (TPSA) is 50.1 Å². The maximum Gasteiger partial charge on any atom is 0.129 e. The van der Waals surface area contributed by atoms with Gasteiger partial charge in [0.2, 0.25) is 0 Å². The molecule has 16 heavy (non-hydrogen) atoms. The van der Waals surface area contributed by atoms with Gasteiger partial charge in [0, 0.05) is 6.42 Å². The van der Waals surface area contributed by atoms with E-state index < -0.39 is 5.41 Å². The lowest BCUT2D eigenvalue weighted by molar-refractivity contribution is -0.117. The highest BCUT2D eigenvalue weighted by atomic mass is 16.5. The molecule has 0 amide bonds. The van der Waals surface area contributed by atoms with Crippen molar-refractivity contribution in [1.29, 1.82) is 5.26 Å². The van der Waals surface area contributed by atoms with Gasteiger partial charge in [0.15, 0.2) is 0 Å². The van der Waals surface area contributed by atoms with Crippen molar-refractivity contribution < 1.29 is 9.53 Å². The van der Waals surface area contributed by atoms with Crippen LogP contribution in [0.2, 0.25) is 0 Å². The van der Waals surface area contributed by atoms with Crippen LogP contribution in [0.15, 0.2) is 11.8 Å². The van der Waals surface area contributed by atoms with E-state index in [0.717, 1.165) is 31.3 Å². The van der Waals surface area contributed by atoms with E-state index in [9.17, 15) is 10.1 Å². The summed E-state index contributed by atoms with van der Waals surface area (Å²) in [6.45, 7) is 1.58. The molecule has 1 fully saturated rings. The fourth-order valence-electron chi connectivity index (χ4n) is 2.31. The predicted octanol–water partition coefficient (Wildman–Crippen LogP) is 2.97. The average Bonchev–Trinajstić information content (AvgIpc) is 2.28. The number of carbonyl (C=O) groups excluding carboxylic acids is 1. The third-order valence-corrected chi connectivity index (χ3v) is 3.29. The van der Waals surface area contributed by atoms with Crippen LogP contribution in [-0.4, -0.2) is 12.9 Å². The van der Waals surface area contributed by atoms with Crippen LogP contribution in [0.4, 0.5) is 0 Å². The van der Waals surface area contributed by atoms with Gasteiger partial charge in [-0.3, -0.25) is 0 Å². The number of methoxy groups -OCH3 is 1. The van der Waals surface area contributed by atoms with Crippen molar-refractivity contribution in [3.63, 3.8) is 0 Å². The summed E-state index contributed by atoms with van der Waals surface area (Å²) in [7, 11) is 1.61. The second-order valence-corrected chi connectivity index (χ2v) is 4.48. The van der Waals surface area contributed by atoms with Crippen LogP contribution in [0, 0.1) is 16.7 Å². The molecule has 1 saturated carbocycles. The number of ether oxygens (including phenoxy) is 1. The minimum atomic E-state index is -0.458. The van der Waals surface area contributed by atoms with E-state index in [1.807, 2.05) is 0 Å². The van der Waals surface area contributed by atoms with Gasteiger partial charge in [-0.2, -0.15) is 5.26 Å². The molecule has 88 valence electrons. The van der Waals surface area contributed by atoms with Crippen LogP contribution in [0.1, 0.15) is 45.4 Å². The molecular weight excluding hydrogens is 202 g/mol. The standard InChI is InChI=1S/C13H19NO2/c1-11(15)6-8-13(10-14)7-4-3-5-12(13)9-16-2/h9H,3-8H2,1-2H3/b12-9+/t13-/m0/s1. The van der Waals surface area contributed by atoms with E-state index in [1.165, 1.54) is 0 Å². The molecule has 0 aliphatic heterocycles. The van der Waals surface area contributed by atoms with E-state index in [0.29, 0.717) is 12.8 Å². The van der Waals surface area contributed by atoms with Gasteiger partial charge in [0.25, 0.3) is 0 Å². The highest BCUT2D eigenvalue weighted by Crippen LogP contribution is 2.43. The first kappa shape index (κ1) is 12.8. The van der Waals surface area contributed by atoms with Crippen LogP contribution in [-0.2, 0) is 9.53 Å². The molecule has 0 spiro atoms. The Morgan fingerprint density at radius 2 is 2.38 bits per heavy atom. The number of hydrogen-bond donors (Lipinski definition) is 0. The Morgan fingerprint density at radius 1 is 1.62 bits per heavy atom. The largest absolute Gasteiger partial charge is 0.504 e. The van der Waals surface area contributed by atoms with Crippen LogP contribution < -0.4 is 0 Å². The summed E-state index contributed by atoms with van der Waals surface area (Å²) in [6, 6.07) is 2.41. The zero-order chi connectivity index (χ0) is 12.0. The monoisotopic (exact) mass is 221 g/mol. The number of carbonyl (C=O) groups is 1. The van der Waals surface area contributed by atoms with E-state index in [1.54, 1.807) is 20.3 Å². The fraction of sp³-hybridized carbons (Fsp3) is 0.692. The second kappa shape index (κ2) is 5.69. The average molecular weight is 221 g/mol. The Bertz CT molecular complexity index is 327. The summed E-state index contributed by atoms with van der Waals surface area (Å²) in [4.78, 5) is 11.0. The Kier molecular flexibility index (Phi) is 4.54. The summed E-state index contributed by atoms with van der Waals surface area (Å²) in [6.07, 6.45) is 6.75. The number of allylic oxidation sites excluding steroid dienone is 1. The second-order valence-electron chi connectivity index (χ2n) is 4.48. The van der Waals surface area contributed by atoms with Crippen molar-refractivity contribution >= 4 is 5.78 Å². The van der Waals surface area contributed by atoms with E-state index in [2.05, 4.69) is 6.07 Å². The zero-order valence-electron chi connectivity index (χ0n) is 10.1. The highest BCUT2D eigenvalue weighted by Gasteiger charge is 2.36. The number of nitrogens with zero attached hydrogens (tertiary/aromatic N) is 1. The molecule has 1 aliphatic carbocycles. The number of hydrogen-bond acceptors (Lipinski definition) is 3. The Morgan fingerprint density at radius 3 is 2.94 bits per heavy atom. The molecule has 0 saturated heterocycles. The zero-order valence-corrected chi connectivity index (χ0v) is 10.1. The third kappa shape index (κ3) is 2.85. The first-order valence-electron chi connectivity index (χ1n) is 5.77. The first-order chi connectivity index (χ1) is 7.64. The van der Waals surface area contributed by atoms with Gasteiger partial charge in [-0.1, -0.05) is 6.42 Å². The van der Waals surface area contributed by atoms with Crippen LogP contribution in [0.3, 0.4) is 0 Å². The van der Waals surface area contributed by atoms with Gasteiger partial charge in [0.1, 0.15) is 5.78 Å². The van der Waals surface area contributed by atoms with Gasteiger partial charge in [-0.25, -0.2) is 0 Å².